The van der Waals surface area contributed by atoms with Crippen LogP contribution in [-0.2, 0) is 6.54 Å². The van der Waals surface area contributed by atoms with Crippen LogP contribution in [-0.4, -0.2) is 63.1 Å². The van der Waals surface area contributed by atoms with Crippen LogP contribution >= 0.6 is 0 Å². The largest absolute Gasteiger partial charge is 0.388 e. The Morgan fingerprint density at radius 2 is 2.12 bits per heavy atom. The Kier molecular flexibility index (Phi) is 5.68. The molecule has 0 radical (unpaired) electrons. The monoisotopic (exact) mass is 360 g/mol. The summed E-state index contributed by atoms with van der Waals surface area (Å²) >= 11 is 0. The van der Waals surface area contributed by atoms with Crippen molar-refractivity contribution in [1.82, 2.24) is 19.8 Å². The zero-order valence-corrected chi connectivity index (χ0v) is 15.0. The normalized spacial score (nSPS) is 21.0. The molecule has 2 aromatic rings. The zero-order valence-electron chi connectivity index (χ0n) is 15.0. The van der Waals surface area contributed by atoms with Crippen LogP contribution in [0, 0.1) is 5.82 Å². The number of nitrogens with one attached hydrogen (secondary N) is 1. The maximum Gasteiger partial charge on any atom is 0.289 e. The minimum atomic E-state index is -0.840. The van der Waals surface area contributed by atoms with E-state index in [0.717, 1.165) is 12.0 Å². The number of benzene rings is 1. The van der Waals surface area contributed by atoms with Crippen molar-refractivity contribution in [2.75, 3.05) is 26.7 Å². The Morgan fingerprint density at radius 1 is 1.35 bits per heavy atom. The van der Waals surface area contributed by atoms with Crippen LogP contribution in [0.1, 0.15) is 35.4 Å². The number of likely N-dealkylation sites (N-methyl/N-ethyl adjacent to an activating group) is 1. The maximum absolute atomic E-state index is 13.0. The van der Waals surface area contributed by atoms with Gasteiger partial charge in [0.25, 0.3) is 5.91 Å². The molecule has 0 aliphatic carbocycles. The molecular weight excluding hydrogens is 335 g/mol. The SMILES string of the molecule is CN(Cc1ccc(F)cc1)CC1(O)CCCN(C(=O)c2ncc[nH]2)CC1. The number of aliphatic hydroxyl groups is 1. The molecule has 26 heavy (non-hydrogen) atoms. The molecule has 3 rings (SSSR count). The molecule has 0 saturated carbocycles. The minimum Gasteiger partial charge on any atom is -0.388 e. The molecule has 1 aliphatic rings. The highest BCUT2D eigenvalue weighted by Crippen LogP contribution is 2.24. The summed E-state index contributed by atoms with van der Waals surface area (Å²) in [4.78, 5) is 23.1. The van der Waals surface area contributed by atoms with Crippen LogP contribution < -0.4 is 0 Å². The standard InChI is InChI=1S/C19H25FN4O2/c1-23(13-15-3-5-16(20)6-4-15)14-19(26)7-2-11-24(12-8-19)18(25)17-21-9-10-22-17/h3-6,9-10,26H,2,7-8,11-14H2,1H3,(H,21,22). The van der Waals surface area contributed by atoms with Crippen molar-refractivity contribution in [1.29, 1.82) is 0 Å². The Balaban J connectivity index is 1.56. The molecule has 1 fully saturated rings. The van der Waals surface area contributed by atoms with E-state index in [1.54, 1.807) is 29.4 Å². The fourth-order valence-corrected chi connectivity index (χ4v) is 3.53. The first-order valence-electron chi connectivity index (χ1n) is 8.89. The van der Waals surface area contributed by atoms with Crippen molar-refractivity contribution >= 4 is 5.91 Å². The van der Waals surface area contributed by atoms with Crippen LogP contribution in [0.5, 0.6) is 0 Å². The zero-order chi connectivity index (χ0) is 18.6. The van der Waals surface area contributed by atoms with Crippen molar-refractivity contribution in [2.24, 2.45) is 0 Å². The third kappa shape index (κ3) is 4.68. The number of imidazole rings is 1. The van der Waals surface area contributed by atoms with E-state index >= 15 is 0 Å². The molecule has 1 saturated heterocycles. The van der Waals surface area contributed by atoms with E-state index in [1.807, 2.05) is 11.9 Å². The van der Waals surface area contributed by atoms with E-state index in [9.17, 15) is 14.3 Å². The molecular formula is C19H25FN4O2. The molecule has 6 nitrogen and oxygen atoms in total. The topological polar surface area (TPSA) is 72.5 Å². The van der Waals surface area contributed by atoms with E-state index in [2.05, 4.69) is 9.97 Å². The Bertz CT molecular complexity index is 720. The molecule has 1 aliphatic heterocycles. The minimum absolute atomic E-state index is 0.126. The van der Waals surface area contributed by atoms with Crippen LogP contribution in [0.15, 0.2) is 36.7 Å². The summed E-state index contributed by atoms with van der Waals surface area (Å²) < 4.78 is 13.0. The number of likely N-dealkylation sites (tertiary alicyclic amines) is 1. The molecule has 0 bridgehead atoms. The average Bonchev–Trinajstić information content (AvgIpc) is 3.07. The predicted octanol–water partition coefficient (Wildman–Crippen LogP) is 2.04. The molecule has 140 valence electrons. The molecule has 7 heteroatoms. The van der Waals surface area contributed by atoms with Crippen LogP contribution in [0.4, 0.5) is 4.39 Å². The molecule has 2 heterocycles. The second-order valence-electron chi connectivity index (χ2n) is 7.11. The van der Waals surface area contributed by atoms with E-state index in [-0.39, 0.29) is 11.7 Å². The van der Waals surface area contributed by atoms with Gasteiger partial charge in [-0.25, -0.2) is 9.37 Å². The smallest absolute Gasteiger partial charge is 0.289 e. The maximum atomic E-state index is 13.0. The number of aromatic amines is 1. The van der Waals surface area contributed by atoms with E-state index in [0.29, 0.717) is 44.8 Å². The number of aromatic nitrogens is 2. The lowest BCUT2D eigenvalue weighted by molar-refractivity contribution is -0.00403. The van der Waals surface area contributed by atoms with Crippen LogP contribution in [0.25, 0.3) is 0 Å². The first-order valence-corrected chi connectivity index (χ1v) is 8.89. The summed E-state index contributed by atoms with van der Waals surface area (Å²) in [5, 5.41) is 11.0. The van der Waals surface area contributed by atoms with Crippen LogP contribution in [0.3, 0.4) is 0 Å². The third-order valence-corrected chi connectivity index (χ3v) is 4.84. The van der Waals surface area contributed by atoms with Gasteiger partial charge in [-0.2, -0.15) is 0 Å². The summed E-state index contributed by atoms with van der Waals surface area (Å²) in [6.07, 6.45) is 5.10. The molecule has 1 unspecified atom stereocenters. The quantitative estimate of drug-likeness (QED) is 0.856. The van der Waals surface area contributed by atoms with Gasteiger partial charge >= 0.3 is 0 Å². The number of hydrogen-bond donors (Lipinski definition) is 2. The van der Waals surface area contributed by atoms with Gasteiger partial charge in [-0.3, -0.25) is 9.69 Å². The first kappa shape index (κ1) is 18.5. The summed E-state index contributed by atoms with van der Waals surface area (Å²) in [5.74, 6) is -0.0390. The number of halogens is 1. The summed E-state index contributed by atoms with van der Waals surface area (Å²) in [6, 6.07) is 6.41. The lowest BCUT2D eigenvalue weighted by Gasteiger charge is -2.31. The summed E-state index contributed by atoms with van der Waals surface area (Å²) in [5.41, 5.74) is 0.160. The van der Waals surface area contributed by atoms with Crippen molar-refractivity contribution in [3.05, 3.63) is 53.9 Å². The lowest BCUT2D eigenvalue weighted by atomic mass is 9.94. The molecule has 1 aromatic carbocycles. The molecule has 1 amide bonds. The van der Waals surface area contributed by atoms with Crippen LogP contribution in [0.2, 0.25) is 0 Å². The predicted molar refractivity (Wildman–Crippen MR) is 96.0 cm³/mol. The van der Waals surface area contributed by atoms with Gasteiger partial charge in [-0.15, -0.1) is 0 Å². The number of carbonyl (C=O) groups is 1. The lowest BCUT2D eigenvalue weighted by Crippen LogP contribution is -2.42. The Hall–Kier alpha value is -2.25. The highest BCUT2D eigenvalue weighted by molar-refractivity contribution is 5.90. The molecule has 2 N–H and O–H groups in total. The number of H-pyrrole nitrogens is 1. The van der Waals surface area contributed by atoms with Gasteiger partial charge in [-0.05, 0) is 44.0 Å². The third-order valence-electron chi connectivity index (χ3n) is 4.84. The van der Waals surface area contributed by atoms with E-state index in [1.165, 1.54) is 12.1 Å². The first-order chi connectivity index (χ1) is 12.5. The average molecular weight is 360 g/mol. The summed E-state index contributed by atoms with van der Waals surface area (Å²) in [6.45, 7) is 2.26. The Labute approximate surface area is 152 Å². The van der Waals surface area contributed by atoms with Gasteiger partial charge < -0.3 is 15.0 Å². The highest BCUT2D eigenvalue weighted by atomic mass is 19.1. The number of nitrogens with zero attached hydrogens (tertiary/aromatic N) is 3. The van der Waals surface area contributed by atoms with Gasteiger partial charge in [0.2, 0.25) is 0 Å². The second kappa shape index (κ2) is 7.97. The fourth-order valence-electron chi connectivity index (χ4n) is 3.53. The molecule has 1 atom stereocenters. The number of amides is 1. The highest BCUT2D eigenvalue weighted by Gasteiger charge is 2.33. The van der Waals surface area contributed by atoms with Crippen molar-refractivity contribution in [2.45, 2.75) is 31.4 Å². The van der Waals surface area contributed by atoms with E-state index in [4.69, 9.17) is 0 Å². The number of hydrogen-bond acceptors (Lipinski definition) is 4. The summed E-state index contributed by atoms with van der Waals surface area (Å²) in [7, 11) is 1.94. The van der Waals surface area contributed by atoms with Crippen molar-refractivity contribution < 1.29 is 14.3 Å². The van der Waals surface area contributed by atoms with Crippen molar-refractivity contribution in [3.63, 3.8) is 0 Å². The second-order valence-corrected chi connectivity index (χ2v) is 7.11. The number of carbonyl (C=O) groups excluding carboxylic acids is 1. The van der Waals surface area contributed by atoms with Gasteiger partial charge in [-0.1, -0.05) is 12.1 Å². The van der Waals surface area contributed by atoms with E-state index < -0.39 is 5.60 Å². The van der Waals surface area contributed by atoms with Gasteiger partial charge in [0, 0.05) is 38.6 Å². The van der Waals surface area contributed by atoms with Gasteiger partial charge in [0.1, 0.15) is 5.82 Å². The molecule has 0 spiro atoms. The van der Waals surface area contributed by atoms with Crippen molar-refractivity contribution in [3.8, 4) is 0 Å². The van der Waals surface area contributed by atoms with Gasteiger partial charge in [0.15, 0.2) is 5.82 Å². The van der Waals surface area contributed by atoms with Gasteiger partial charge in [0.05, 0.1) is 5.60 Å². The Morgan fingerprint density at radius 3 is 2.81 bits per heavy atom. The number of rotatable bonds is 5. The fraction of sp³-hybridized carbons (Fsp3) is 0.474. The molecule has 1 aromatic heterocycles.